The summed E-state index contributed by atoms with van der Waals surface area (Å²) in [5, 5.41) is 19.9. The number of carbonyl (C=O) groups is 1. The maximum absolute atomic E-state index is 13.6. The van der Waals surface area contributed by atoms with Crippen LogP contribution in [0.4, 0.5) is 10.1 Å². The number of rotatable bonds is 7. The zero-order valence-corrected chi connectivity index (χ0v) is 13.8. The molecule has 1 atom stereocenters. The Morgan fingerprint density at radius 1 is 1.33 bits per heavy atom. The summed E-state index contributed by atoms with van der Waals surface area (Å²) in [5.41, 5.74) is 0.0952. The third-order valence-electron chi connectivity index (χ3n) is 3.34. The number of halogens is 1. The van der Waals surface area contributed by atoms with E-state index in [2.05, 4.69) is 0 Å². The predicted molar refractivity (Wildman–Crippen MR) is 93.0 cm³/mol. The molecule has 8 heteroatoms. The molecule has 0 aliphatic heterocycles. The van der Waals surface area contributed by atoms with Gasteiger partial charge in [-0.05, 0) is 29.8 Å². The van der Waals surface area contributed by atoms with E-state index in [9.17, 15) is 19.3 Å². The van der Waals surface area contributed by atoms with Gasteiger partial charge in [-0.15, -0.1) is 11.8 Å². The van der Waals surface area contributed by atoms with Gasteiger partial charge in [-0.25, -0.2) is 4.39 Å². The molecule has 1 unspecified atom stereocenters. The van der Waals surface area contributed by atoms with Gasteiger partial charge < -0.3 is 5.11 Å². The van der Waals surface area contributed by atoms with E-state index in [0.717, 1.165) is 6.07 Å². The smallest absolute Gasteiger partial charge is 0.270 e. The summed E-state index contributed by atoms with van der Waals surface area (Å²) in [4.78, 5) is 23.5. The summed E-state index contributed by atoms with van der Waals surface area (Å²) in [6.07, 6.45) is 0. The number of nitro groups is 1. The van der Waals surface area contributed by atoms with Gasteiger partial charge in [0.25, 0.3) is 5.69 Å². The first-order valence-electron chi connectivity index (χ1n) is 7.24. The van der Waals surface area contributed by atoms with Crippen LogP contribution in [0.15, 0.2) is 47.4 Å². The first-order valence-corrected chi connectivity index (χ1v) is 8.23. The number of nitrogens with zero attached hydrogens (tertiary/aromatic N) is 1. The van der Waals surface area contributed by atoms with Crippen LogP contribution >= 0.6 is 11.8 Å². The monoisotopic (exact) mass is 347 g/mol. The van der Waals surface area contributed by atoms with E-state index >= 15 is 0 Å². The molecule has 0 heterocycles. The Balaban J connectivity index is 2.36. The van der Waals surface area contributed by atoms with E-state index in [1.54, 1.807) is 0 Å². The lowest BCUT2D eigenvalue weighted by Gasteiger charge is -2.11. The largest absolute Gasteiger partial charge is 0.397 e. The summed E-state index contributed by atoms with van der Waals surface area (Å²) < 4.78 is 13.6. The van der Waals surface area contributed by atoms with E-state index < -0.39 is 16.5 Å². The van der Waals surface area contributed by atoms with Gasteiger partial charge in [0.2, 0.25) is 0 Å². The van der Waals surface area contributed by atoms with Crippen molar-refractivity contribution in [2.45, 2.75) is 10.7 Å². The van der Waals surface area contributed by atoms with Crippen molar-refractivity contribution in [1.29, 1.82) is 0 Å². The van der Waals surface area contributed by atoms with Crippen LogP contribution in [-0.4, -0.2) is 36.0 Å². The molecule has 0 aliphatic rings. The van der Waals surface area contributed by atoms with E-state index in [1.807, 2.05) is 7.85 Å². The minimum Gasteiger partial charge on any atom is -0.397 e. The SMILES string of the molecule is BC(CO)CSc1ccc(F)cc1C(=O)c1cccc([N+](=O)[O-])c1. The van der Waals surface area contributed by atoms with Crippen LogP contribution in [0.2, 0.25) is 5.82 Å². The first-order chi connectivity index (χ1) is 11.4. The molecule has 0 saturated carbocycles. The molecule has 124 valence electrons. The summed E-state index contributed by atoms with van der Waals surface area (Å²) in [6.45, 7) is 0.0162. The summed E-state index contributed by atoms with van der Waals surface area (Å²) >= 11 is 1.34. The number of thioether (sulfide) groups is 1. The average molecular weight is 347 g/mol. The van der Waals surface area contributed by atoms with Crippen LogP contribution in [0.3, 0.4) is 0 Å². The Bertz CT molecular complexity index is 771. The van der Waals surface area contributed by atoms with Gasteiger partial charge in [0.05, 0.1) is 4.92 Å². The molecule has 1 N–H and O–H groups in total. The summed E-state index contributed by atoms with van der Waals surface area (Å²) in [5.74, 6) is -0.432. The molecule has 2 aromatic carbocycles. The number of hydrogen-bond donors (Lipinski definition) is 1. The number of nitro benzene ring substituents is 1. The Kier molecular flexibility index (Phi) is 6.11. The molecule has 0 spiro atoms. The van der Waals surface area contributed by atoms with Crippen LogP contribution in [0, 0.1) is 15.9 Å². The van der Waals surface area contributed by atoms with Crippen LogP contribution in [0.1, 0.15) is 15.9 Å². The van der Waals surface area contributed by atoms with Gasteiger partial charge in [-0.1, -0.05) is 12.1 Å². The fourth-order valence-corrected chi connectivity index (χ4v) is 3.05. The predicted octanol–water partition coefficient (Wildman–Crippen LogP) is 2.47. The number of hydrogen-bond acceptors (Lipinski definition) is 5. The second-order valence-corrected chi connectivity index (χ2v) is 6.44. The van der Waals surface area contributed by atoms with Gasteiger partial charge in [0.1, 0.15) is 13.7 Å². The summed E-state index contributed by atoms with van der Waals surface area (Å²) in [7, 11) is 1.86. The Labute approximate surface area is 143 Å². The van der Waals surface area contributed by atoms with E-state index in [-0.39, 0.29) is 29.2 Å². The van der Waals surface area contributed by atoms with Gasteiger partial charge in [0, 0.05) is 34.8 Å². The number of carbonyl (C=O) groups excluding carboxylic acids is 1. The lowest BCUT2D eigenvalue weighted by molar-refractivity contribution is -0.384. The van der Waals surface area contributed by atoms with Crippen LogP contribution in [-0.2, 0) is 0 Å². The van der Waals surface area contributed by atoms with Crippen LogP contribution < -0.4 is 0 Å². The minimum absolute atomic E-state index is 0.0162. The molecule has 24 heavy (non-hydrogen) atoms. The lowest BCUT2D eigenvalue weighted by Crippen LogP contribution is -2.06. The highest BCUT2D eigenvalue weighted by Crippen LogP contribution is 2.28. The molecule has 0 aliphatic carbocycles. The first kappa shape index (κ1) is 18.2. The zero-order valence-electron chi connectivity index (χ0n) is 12.9. The van der Waals surface area contributed by atoms with Crippen molar-refractivity contribution in [3.63, 3.8) is 0 Å². The second-order valence-electron chi connectivity index (χ2n) is 5.38. The normalized spacial score (nSPS) is 11.9. The number of benzene rings is 2. The Morgan fingerprint density at radius 2 is 2.08 bits per heavy atom. The van der Waals surface area contributed by atoms with Crippen LogP contribution in [0.5, 0.6) is 0 Å². The maximum Gasteiger partial charge on any atom is 0.270 e. The molecule has 0 aromatic heterocycles. The van der Waals surface area contributed by atoms with Gasteiger partial charge >= 0.3 is 0 Å². The highest BCUT2D eigenvalue weighted by atomic mass is 32.2. The fraction of sp³-hybridized carbons (Fsp3) is 0.188. The topological polar surface area (TPSA) is 80.4 Å². The molecule has 5 nitrogen and oxygen atoms in total. The van der Waals surface area contributed by atoms with Crippen molar-refractivity contribution in [3.05, 3.63) is 69.5 Å². The van der Waals surface area contributed by atoms with Crippen molar-refractivity contribution in [1.82, 2.24) is 0 Å². The fourth-order valence-electron chi connectivity index (χ4n) is 2.01. The quantitative estimate of drug-likeness (QED) is 0.274. The van der Waals surface area contributed by atoms with Crippen molar-refractivity contribution >= 4 is 31.1 Å². The Morgan fingerprint density at radius 3 is 2.75 bits per heavy atom. The standard InChI is InChI=1S/C16H15BFNO4S/c17-11(8-20)9-24-15-5-4-12(18)7-14(15)16(21)10-2-1-3-13(6-10)19(22)23/h1-7,11,20H,8-9,17H2. The highest BCUT2D eigenvalue weighted by Gasteiger charge is 2.18. The van der Waals surface area contributed by atoms with Crippen molar-refractivity contribution < 1.29 is 19.2 Å². The Hall–Kier alpha value is -2.19. The number of ketones is 1. The number of aliphatic hydroxyl groups is 1. The molecule has 2 rings (SSSR count). The van der Waals surface area contributed by atoms with Crippen molar-refractivity contribution in [2.24, 2.45) is 0 Å². The van der Waals surface area contributed by atoms with Crippen molar-refractivity contribution in [3.8, 4) is 0 Å². The highest BCUT2D eigenvalue weighted by molar-refractivity contribution is 7.99. The molecule has 0 amide bonds. The minimum atomic E-state index is -0.582. The van der Waals surface area contributed by atoms with Gasteiger partial charge in [-0.2, -0.15) is 0 Å². The second kappa shape index (κ2) is 8.07. The molecule has 0 bridgehead atoms. The molecule has 2 aromatic rings. The number of aliphatic hydroxyl groups excluding tert-OH is 1. The molecular formula is C16H15BFNO4S. The molecule has 0 fully saturated rings. The van der Waals surface area contributed by atoms with Gasteiger partial charge in [0.15, 0.2) is 5.78 Å². The van der Waals surface area contributed by atoms with E-state index in [0.29, 0.717) is 10.6 Å². The van der Waals surface area contributed by atoms with Gasteiger partial charge in [-0.3, -0.25) is 14.9 Å². The molecule has 0 saturated heterocycles. The maximum atomic E-state index is 13.6. The molecular weight excluding hydrogens is 332 g/mol. The third kappa shape index (κ3) is 4.42. The van der Waals surface area contributed by atoms with Crippen molar-refractivity contribution in [2.75, 3.05) is 12.4 Å². The van der Waals surface area contributed by atoms with E-state index in [1.165, 1.54) is 48.2 Å². The van der Waals surface area contributed by atoms with Crippen LogP contribution in [0.25, 0.3) is 0 Å². The lowest BCUT2D eigenvalue weighted by atomic mass is 9.91. The number of non-ortho nitro benzene ring substituents is 1. The third-order valence-corrected chi connectivity index (χ3v) is 4.74. The summed E-state index contributed by atoms with van der Waals surface area (Å²) in [6, 6.07) is 9.26. The van der Waals surface area contributed by atoms with E-state index in [4.69, 9.17) is 5.11 Å². The average Bonchev–Trinajstić information content (AvgIpc) is 2.59. The molecule has 0 radical (unpaired) electrons. The zero-order chi connectivity index (χ0) is 17.7.